The van der Waals surface area contributed by atoms with Crippen LogP contribution in [0.3, 0.4) is 0 Å². The van der Waals surface area contributed by atoms with E-state index in [2.05, 4.69) is 15.0 Å². The first-order valence-corrected chi connectivity index (χ1v) is 9.21. The van der Waals surface area contributed by atoms with Crippen molar-refractivity contribution in [3.63, 3.8) is 0 Å². The molecular formula is C20H17F3N4O2. The van der Waals surface area contributed by atoms with Crippen molar-refractivity contribution < 1.29 is 22.7 Å². The first-order valence-electron chi connectivity index (χ1n) is 9.21. The summed E-state index contributed by atoms with van der Waals surface area (Å²) in [5.41, 5.74) is -0.443. The van der Waals surface area contributed by atoms with Crippen molar-refractivity contribution in [3.8, 4) is 5.88 Å². The molecule has 9 heteroatoms. The van der Waals surface area contributed by atoms with Gasteiger partial charge in [0.2, 0.25) is 11.7 Å². The zero-order chi connectivity index (χ0) is 20.4. The minimum Gasteiger partial charge on any atom is -0.481 e. The zero-order valence-electron chi connectivity index (χ0n) is 15.5. The molecule has 3 fully saturated rings. The van der Waals surface area contributed by atoms with Crippen LogP contribution >= 0.6 is 0 Å². The van der Waals surface area contributed by atoms with Crippen LogP contribution in [-0.2, 0) is 11.8 Å². The number of ether oxygens (including phenoxy) is 1. The molecule has 0 spiro atoms. The molecule has 0 saturated heterocycles. The van der Waals surface area contributed by atoms with E-state index in [1.54, 1.807) is 10.6 Å². The van der Waals surface area contributed by atoms with E-state index in [1.807, 2.05) is 6.20 Å². The Kier molecular flexibility index (Phi) is 3.75. The highest BCUT2D eigenvalue weighted by atomic mass is 19.3. The number of ketones is 1. The summed E-state index contributed by atoms with van der Waals surface area (Å²) in [4.78, 5) is 25.2. The number of pyridine rings is 1. The molecule has 29 heavy (non-hydrogen) atoms. The molecule has 6 rings (SSSR count). The van der Waals surface area contributed by atoms with Gasteiger partial charge in [-0.05, 0) is 31.4 Å². The number of nitrogens with zero attached hydrogens (tertiary/aromatic N) is 4. The number of hydrogen-bond acceptors (Lipinski definition) is 5. The number of methoxy groups -OCH3 is 1. The second-order valence-corrected chi connectivity index (χ2v) is 7.92. The van der Waals surface area contributed by atoms with Crippen molar-refractivity contribution in [2.24, 2.45) is 0 Å². The third-order valence-electron chi connectivity index (χ3n) is 5.82. The van der Waals surface area contributed by atoms with Crippen molar-refractivity contribution >= 4 is 11.6 Å². The van der Waals surface area contributed by atoms with Gasteiger partial charge in [-0.3, -0.25) is 9.20 Å². The van der Waals surface area contributed by atoms with Crippen LogP contribution in [0.5, 0.6) is 5.88 Å². The first-order chi connectivity index (χ1) is 13.8. The molecule has 0 aromatic carbocycles. The number of alkyl halides is 3. The summed E-state index contributed by atoms with van der Waals surface area (Å²) < 4.78 is 46.6. The number of fused-ring (bicyclic) bond motifs is 1. The Morgan fingerprint density at radius 1 is 1.21 bits per heavy atom. The monoisotopic (exact) mass is 402 g/mol. The SMILES string of the molecule is COc1nc2nc(C34CC(F)(C3)C4)cn2cc1CC(=O)c1cccc(C(F)F)n1. The summed E-state index contributed by atoms with van der Waals surface area (Å²) in [5, 5.41) is 0. The maximum Gasteiger partial charge on any atom is 0.280 e. The summed E-state index contributed by atoms with van der Waals surface area (Å²) in [6, 6.07) is 3.95. The Morgan fingerprint density at radius 2 is 1.97 bits per heavy atom. The maximum absolute atomic E-state index is 13.9. The lowest BCUT2D eigenvalue weighted by molar-refractivity contribution is -0.159. The standard InChI is InChI=1S/C20H17F3N4O2/c1-29-17-11(5-14(28)12-3-2-4-13(24-12)16(21)22)6-27-7-15(25-18(27)26-17)19-8-20(23,9-19)10-19/h2-4,6-7,16H,5,8-10H2,1H3. The van der Waals surface area contributed by atoms with Gasteiger partial charge < -0.3 is 4.74 Å². The van der Waals surface area contributed by atoms with Crippen molar-refractivity contribution in [1.29, 1.82) is 0 Å². The predicted octanol–water partition coefficient (Wildman–Crippen LogP) is 3.64. The summed E-state index contributed by atoms with van der Waals surface area (Å²) in [5.74, 6) is 0.210. The predicted molar refractivity (Wildman–Crippen MR) is 96.1 cm³/mol. The van der Waals surface area contributed by atoms with Crippen molar-refractivity contribution in [2.75, 3.05) is 7.11 Å². The molecule has 0 radical (unpaired) electrons. The van der Waals surface area contributed by atoms with Gasteiger partial charge in [-0.15, -0.1) is 0 Å². The molecule has 0 atom stereocenters. The number of aromatic nitrogens is 4. The quantitative estimate of drug-likeness (QED) is 0.589. The minimum atomic E-state index is -2.75. The van der Waals surface area contributed by atoms with Crippen molar-refractivity contribution in [2.45, 2.75) is 43.2 Å². The van der Waals surface area contributed by atoms with Crippen LogP contribution in [0.4, 0.5) is 13.2 Å². The molecule has 3 aromatic heterocycles. The molecular weight excluding hydrogens is 385 g/mol. The van der Waals surface area contributed by atoms with E-state index in [1.165, 1.54) is 25.3 Å². The molecule has 0 amide bonds. The third kappa shape index (κ3) is 2.79. The number of rotatable bonds is 6. The molecule has 3 saturated carbocycles. The molecule has 3 aromatic rings. The number of carbonyl (C=O) groups is 1. The van der Waals surface area contributed by atoms with Gasteiger partial charge in [0.05, 0.1) is 12.8 Å². The first kappa shape index (κ1) is 18.1. The van der Waals surface area contributed by atoms with Crippen LogP contribution in [0.2, 0.25) is 0 Å². The van der Waals surface area contributed by atoms with Crippen LogP contribution in [0.15, 0.2) is 30.6 Å². The molecule has 0 unspecified atom stereocenters. The van der Waals surface area contributed by atoms with Crippen LogP contribution in [-0.4, -0.2) is 37.9 Å². The van der Waals surface area contributed by atoms with E-state index < -0.39 is 23.6 Å². The summed E-state index contributed by atoms with van der Waals surface area (Å²) in [6.45, 7) is 0. The van der Waals surface area contributed by atoms with Gasteiger partial charge in [-0.25, -0.2) is 23.1 Å². The molecule has 3 aliphatic carbocycles. The van der Waals surface area contributed by atoms with E-state index in [-0.39, 0.29) is 23.4 Å². The van der Waals surface area contributed by atoms with Crippen molar-refractivity contribution in [3.05, 3.63) is 53.2 Å². The highest BCUT2D eigenvalue weighted by molar-refractivity contribution is 5.96. The molecule has 3 heterocycles. The summed E-state index contributed by atoms with van der Waals surface area (Å²) in [6.07, 6.45) is 2.08. The maximum atomic E-state index is 13.9. The second-order valence-electron chi connectivity index (χ2n) is 7.92. The van der Waals surface area contributed by atoms with E-state index in [0.29, 0.717) is 30.6 Å². The molecule has 0 N–H and O–H groups in total. The Labute approximate surface area is 163 Å². The fourth-order valence-electron chi connectivity index (χ4n) is 4.43. The lowest BCUT2D eigenvalue weighted by Crippen LogP contribution is -2.67. The third-order valence-corrected chi connectivity index (χ3v) is 5.82. The number of Topliss-reactive ketones (excluding diaryl/α,β-unsaturated/α-hetero) is 1. The number of hydrogen-bond donors (Lipinski definition) is 0. The number of carbonyl (C=O) groups excluding carboxylic acids is 1. The Bertz CT molecular complexity index is 1120. The topological polar surface area (TPSA) is 69.4 Å². The van der Waals surface area contributed by atoms with E-state index >= 15 is 0 Å². The van der Waals surface area contributed by atoms with Gasteiger partial charge in [-0.2, -0.15) is 4.98 Å². The minimum absolute atomic E-state index is 0.0432. The van der Waals surface area contributed by atoms with Gasteiger partial charge in [0.1, 0.15) is 17.1 Å². The van der Waals surface area contributed by atoms with Gasteiger partial charge in [-0.1, -0.05) is 6.07 Å². The van der Waals surface area contributed by atoms with Crippen LogP contribution in [0.25, 0.3) is 5.78 Å². The van der Waals surface area contributed by atoms with Gasteiger partial charge in [0.25, 0.3) is 6.43 Å². The Hall–Kier alpha value is -2.97. The second kappa shape index (κ2) is 6.01. The summed E-state index contributed by atoms with van der Waals surface area (Å²) in [7, 11) is 1.43. The molecule has 6 nitrogen and oxygen atoms in total. The Balaban J connectivity index is 1.45. The van der Waals surface area contributed by atoms with E-state index in [4.69, 9.17) is 4.74 Å². The fourth-order valence-corrected chi connectivity index (χ4v) is 4.43. The Morgan fingerprint density at radius 3 is 2.62 bits per heavy atom. The van der Waals surface area contributed by atoms with Crippen LogP contribution < -0.4 is 4.74 Å². The van der Waals surface area contributed by atoms with E-state index in [9.17, 15) is 18.0 Å². The number of imidazole rings is 1. The van der Waals surface area contributed by atoms with Crippen LogP contribution in [0.1, 0.15) is 53.1 Å². The largest absolute Gasteiger partial charge is 0.481 e. The van der Waals surface area contributed by atoms with Gasteiger partial charge in [0.15, 0.2) is 5.78 Å². The lowest BCUT2D eigenvalue weighted by atomic mass is 9.41. The smallest absolute Gasteiger partial charge is 0.280 e. The zero-order valence-corrected chi connectivity index (χ0v) is 15.5. The molecule has 2 bridgehead atoms. The van der Waals surface area contributed by atoms with Gasteiger partial charge in [0, 0.05) is 29.8 Å². The van der Waals surface area contributed by atoms with E-state index in [0.717, 1.165) is 5.69 Å². The van der Waals surface area contributed by atoms with Gasteiger partial charge >= 0.3 is 0 Å². The molecule has 0 aliphatic heterocycles. The number of halogens is 3. The fraction of sp³-hybridized carbons (Fsp3) is 0.400. The highest BCUT2D eigenvalue weighted by Gasteiger charge is 2.70. The summed E-state index contributed by atoms with van der Waals surface area (Å²) >= 11 is 0. The lowest BCUT2D eigenvalue weighted by Gasteiger charge is -2.65. The molecule has 150 valence electrons. The average molecular weight is 402 g/mol. The normalized spacial score (nSPS) is 25.0. The van der Waals surface area contributed by atoms with Crippen molar-refractivity contribution in [1.82, 2.24) is 19.4 Å². The average Bonchev–Trinajstić information content (AvgIpc) is 3.06. The highest BCUT2D eigenvalue weighted by Crippen LogP contribution is 2.69. The molecule has 3 aliphatic rings. The van der Waals surface area contributed by atoms with Crippen LogP contribution in [0, 0.1) is 0 Å².